The maximum absolute atomic E-state index is 12.1. The summed E-state index contributed by atoms with van der Waals surface area (Å²) in [7, 11) is -3.46. The van der Waals surface area contributed by atoms with Crippen molar-refractivity contribution in [3.8, 4) is 5.75 Å². The molecule has 0 bridgehead atoms. The molecule has 1 aromatic carbocycles. The van der Waals surface area contributed by atoms with Gasteiger partial charge in [-0.2, -0.15) is 0 Å². The number of ether oxygens (including phenoxy) is 1. The second kappa shape index (κ2) is 8.56. The number of hydrogen-bond acceptors (Lipinski definition) is 4. The summed E-state index contributed by atoms with van der Waals surface area (Å²) in [4.78, 5) is 12.1. The lowest BCUT2D eigenvalue weighted by atomic mass is 10.2. The van der Waals surface area contributed by atoms with Gasteiger partial charge in [0.25, 0.3) is 0 Å². The summed E-state index contributed by atoms with van der Waals surface area (Å²) in [6.07, 6.45) is 5.67. The summed E-state index contributed by atoms with van der Waals surface area (Å²) in [5, 5.41) is 2.99. The minimum absolute atomic E-state index is 0.0520. The molecule has 7 heteroatoms. The smallest absolute Gasteiger partial charge is 0.232 e. The Morgan fingerprint density at radius 3 is 2.36 bits per heavy atom. The first-order valence-electron chi connectivity index (χ1n) is 8.79. The van der Waals surface area contributed by atoms with Crippen molar-refractivity contribution in [3.05, 3.63) is 24.3 Å². The Balaban J connectivity index is 2.00. The molecule has 0 atom stereocenters. The van der Waals surface area contributed by atoms with Crippen LogP contribution in [0.1, 0.15) is 46.0 Å². The van der Waals surface area contributed by atoms with Crippen molar-refractivity contribution in [2.75, 3.05) is 17.1 Å². The fourth-order valence-corrected chi connectivity index (χ4v) is 3.95. The lowest BCUT2D eigenvalue weighted by Crippen LogP contribution is -2.37. The molecule has 6 nitrogen and oxygen atoms in total. The van der Waals surface area contributed by atoms with Crippen molar-refractivity contribution in [1.29, 1.82) is 0 Å². The van der Waals surface area contributed by atoms with Gasteiger partial charge in [-0.05, 0) is 51.0 Å². The summed E-state index contributed by atoms with van der Waals surface area (Å²) in [5.74, 6) is 0.589. The van der Waals surface area contributed by atoms with E-state index in [0.717, 1.165) is 31.9 Å². The molecule has 0 unspecified atom stereocenters. The molecule has 2 rings (SSSR count). The molecule has 140 valence electrons. The number of anilines is 1. The van der Waals surface area contributed by atoms with Crippen LogP contribution >= 0.6 is 0 Å². The van der Waals surface area contributed by atoms with Crippen molar-refractivity contribution in [1.82, 2.24) is 5.32 Å². The molecule has 0 saturated heterocycles. The number of nitrogens with zero attached hydrogens (tertiary/aromatic N) is 1. The summed E-state index contributed by atoms with van der Waals surface area (Å²) in [5.41, 5.74) is 0.535. The van der Waals surface area contributed by atoms with Gasteiger partial charge in [-0.15, -0.1) is 0 Å². The summed E-state index contributed by atoms with van der Waals surface area (Å²) < 4.78 is 31.1. The average Bonchev–Trinajstić information content (AvgIpc) is 3.00. The average molecular weight is 368 g/mol. The van der Waals surface area contributed by atoms with E-state index in [1.807, 2.05) is 13.8 Å². The van der Waals surface area contributed by atoms with E-state index in [-0.39, 0.29) is 31.0 Å². The maximum Gasteiger partial charge on any atom is 0.232 e. The summed E-state index contributed by atoms with van der Waals surface area (Å²) in [6, 6.07) is 7.13. The van der Waals surface area contributed by atoms with Gasteiger partial charge in [0, 0.05) is 19.0 Å². The molecule has 1 saturated carbocycles. The molecule has 0 heterocycles. The van der Waals surface area contributed by atoms with Crippen LogP contribution in [0.15, 0.2) is 24.3 Å². The van der Waals surface area contributed by atoms with Crippen LogP contribution in [0.2, 0.25) is 0 Å². The lowest BCUT2D eigenvalue weighted by Gasteiger charge is -2.23. The van der Waals surface area contributed by atoms with Crippen LogP contribution in [-0.4, -0.2) is 39.3 Å². The monoisotopic (exact) mass is 368 g/mol. The Morgan fingerprint density at radius 2 is 1.84 bits per heavy atom. The SMILES string of the molecule is CC(C)Oc1ccc(N(CCC(=O)NC2CCCC2)S(C)(=O)=O)cc1. The first-order valence-corrected chi connectivity index (χ1v) is 10.6. The van der Waals surface area contributed by atoms with E-state index in [0.29, 0.717) is 11.4 Å². The van der Waals surface area contributed by atoms with Crippen molar-refractivity contribution >= 4 is 21.6 Å². The fourth-order valence-electron chi connectivity index (χ4n) is 3.02. The highest BCUT2D eigenvalue weighted by Gasteiger charge is 2.21. The molecule has 1 aliphatic rings. The van der Waals surface area contributed by atoms with Crippen LogP contribution in [0.25, 0.3) is 0 Å². The molecular formula is C18H28N2O4S. The van der Waals surface area contributed by atoms with E-state index in [1.54, 1.807) is 24.3 Å². The van der Waals surface area contributed by atoms with Crippen LogP contribution < -0.4 is 14.4 Å². The second-order valence-corrected chi connectivity index (χ2v) is 8.70. The molecule has 1 aromatic rings. The van der Waals surface area contributed by atoms with Crippen LogP contribution in [0, 0.1) is 0 Å². The second-order valence-electron chi connectivity index (χ2n) is 6.79. The number of rotatable bonds is 8. The third kappa shape index (κ3) is 6.23. The highest BCUT2D eigenvalue weighted by atomic mass is 32.2. The van der Waals surface area contributed by atoms with E-state index in [4.69, 9.17) is 4.74 Å². The predicted octanol–water partition coefficient (Wildman–Crippen LogP) is 2.69. The standard InChI is InChI=1S/C18H28N2O4S/c1-14(2)24-17-10-8-16(9-11-17)20(25(3,22)23)13-12-18(21)19-15-6-4-5-7-15/h8-11,14-15H,4-7,12-13H2,1-3H3,(H,19,21). The molecule has 0 aromatic heterocycles. The number of carbonyl (C=O) groups excluding carboxylic acids is 1. The third-order valence-corrected chi connectivity index (χ3v) is 5.35. The Hall–Kier alpha value is -1.76. The van der Waals surface area contributed by atoms with Gasteiger partial charge in [0.2, 0.25) is 15.9 Å². The van der Waals surface area contributed by atoms with E-state index in [2.05, 4.69) is 5.32 Å². The Morgan fingerprint density at radius 1 is 1.24 bits per heavy atom. The Kier molecular flexibility index (Phi) is 6.70. The molecule has 1 N–H and O–H groups in total. The van der Waals surface area contributed by atoms with Gasteiger partial charge < -0.3 is 10.1 Å². The van der Waals surface area contributed by atoms with Gasteiger partial charge >= 0.3 is 0 Å². The van der Waals surface area contributed by atoms with E-state index < -0.39 is 10.0 Å². The van der Waals surface area contributed by atoms with Crippen LogP contribution in [0.4, 0.5) is 5.69 Å². The van der Waals surface area contributed by atoms with E-state index in [1.165, 1.54) is 4.31 Å². The van der Waals surface area contributed by atoms with Crippen LogP contribution in [-0.2, 0) is 14.8 Å². The summed E-state index contributed by atoms with van der Waals surface area (Å²) in [6.45, 7) is 3.99. The van der Waals surface area contributed by atoms with Crippen molar-refractivity contribution in [2.24, 2.45) is 0 Å². The first kappa shape index (κ1) is 19.6. The van der Waals surface area contributed by atoms with E-state index in [9.17, 15) is 13.2 Å². The minimum atomic E-state index is -3.46. The summed E-state index contributed by atoms with van der Waals surface area (Å²) >= 11 is 0. The zero-order valence-corrected chi connectivity index (χ0v) is 16.0. The Bertz CT molecular complexity index is 665. The van der Waals surface area contributed by atoms with Gasteiger partial charge in [0.05, 0.1) is 18.0 Å². The van der Waals surface area contributed by atoms with E-state index >= 15 is 0 Å². The van der Waals surface area contributed by atoms with Gasteiger partial charge in [-0.25, -0.2) is 8.42 Å². The molecule has 1 amide bonds. The number of sulfonamides is 1. The van der Waals surface area contributed by atoms with Gasteiger partial charge in [-0.3, -0.25) is 9.10 Å². The number of amides is 1. The molecule has 25 heavy (non-hydrogen) atoms. The number of hydrogen-bond donors (Lipinski definition) is 1. The van der Waals surface area contributed by atoms with Gasteiger partial charge in [0.1, 0.15) is 5.75 Å². The van der Waals surface area contributed by atoms with Crippen LogP contribution in [0.3, 0.4) is 0 Å². The fraction of sp³-hybridized carbons (Fsp3) is 0.611. The van der Waals surface area contributed by atoms with Gasteiger partial charge in [0.15, 0.2) is 0 Å². The first-order chi connectivity index (χ1) is 11.8. The number of nitrogens with one attached hydrogen (secondary N) is 1. The highest BCUT2D eigenvalue weighted by molar-refractivity contribution is 7.92. The molecule has 1 aliphatic carbocycles. The van der Waals surface area contributed by atoms with Crippen molar-refractivity contribution < 1.29 is 17.9 Å². The highest BCUT2D eigenvalue weighted by Crippen LogP contribution is 2.23. The maximum atomic E-state index is 12.1. The normalized spacial score (nSPS) is 15.4. The third-order valence-electron chi connectivity index (χ3n) is 4.16. The molecular weight excluding hydrogens is 340 g/mol. The zero-order chi connectivity index (χ0) is 18.4. The minimum Gasteiger partial charge on any atom is -0.491 e. The topological polar surface area (TPSA) is 75.7 Å². The van der Waals surface area contributed by atoms with Crippen molar-refractivity contribution in [2.45, 2.75) is 58.1 Å². The molecule has 0 spiro atoms. The van der Waals surface area contributed by atoms with Crippen molar-refractivity contribution in [3.63, 3.8) is 0 Å². The largest absolute Gasteiger partial charge is 0.491 e. The lowest BCUT2D eigenvalue weighted by molar-refractivity contribution is -0.121. The molecule has 0 radical (unpaired) electrons. The number of carbonyl (C=O) groups is 1. The molecule has 0 aliphatic heterocycles. The predicted molar refractivity (Wildman–Crippen MR) is 99.4 cm³/mol. The number of benzene rings is 1. The molecule has 1 fully saturated rings. The van der Waals surface area contributed by atoms with Gasteiger partial charge in [-0.1, -0.05) is 12.8 Å². The Labute approximate surface area is 150 Å². The zero-order valence-electron chi connectivity index (χ0n) is 15.2. The quantitative estimate of drug-likeness (QED) is 0.765. The van der Waals surface area contributed by atoms with Crippen LogP contribution in [0.5, 0.6) is 5.75 Å².